The lowest BCUT2D eigenvalue weighted by Crippen LogP contribution is -2.30. The number of nitrogens with one attached hydrogen (secondary N) is 1. The molecule has 0 heterocycles. The predicted octanol–water partition coefficient (Wildman–Crippen LogP) is 5.29. The Kier molecular flexibility index (Phi) is 6.12. The maximum Gasteiger partial charge on any atom is 0.265 e. The molecule has 0 bridgehead atoms. The number of para-hydroxylation sites is 1. The van der Waals surface area contributed by atoms with E-state index in [-0.39, 0.29) is 11.7 Å². The monoisotopic (exact) mass is 393 g/mol. The third kappa shape index (κ3) is 4.78. The Bertz CT molecular complexity index is 981. The second kappa shape index (κ2) is 8.72. The van der Waals surface area contributed by atoms with Gasteiger partial charge >= 0.3 is 0 Å². The second-order valence-corrected chi connectivity index (χ2v) is 6.86. The number of carbonyl (C=O) groups excluding carboxylic acids is 2. The van der Waals surface area contributed by atoms with Crippen molar-refractivity contribution in [2.75, 3.05) is 5.32 Å². The van der Waals surface area contributed by atoms with E-state index in [1.165, 1.54) is 0 Å². The van der Waals surface area contributed by atoms with E-state index in [4.69, 9.17) is 16.3 Å². The van der Waals surface area contributed by atoms with Crippen LogP contribution in [0.4, 0.5) is 5.69 Å². The average Bonchev–Trinajstić information content (AvgIpc) is 2.70. The molecular weight excluding hydrogens is 374 g/mol. The summed E-state index contributed by atoms with van der Waals surface area (Å²) in [5.74, 6) is 0.171. The highest BCUT2D eigenvalue weighted by molar-refractivity contribution is 6.30. The Hall–Kier alpha value is -3.11. The zero-order valence-corrected chi connectivity index (χ0v) is 16.4. The summed E-state index contributed by atoms with van der Waals surface area (Å²) < 4.78 is 5.70. The van der Waals surface area contributed by atoms with E-state index >= 15 is 0 Å². The van der Waals surface area contributed by atoms with Crippen LogP contribution < -0.4 is 10.1 Å². The molecule has 28 heavy (non-hydrogen) atoms. The summed E-state index contributed by atoms with van der Waals surface area (Å²) in [6, 6.07) is 21.0. The quantitative estimate of drug-likeness (QED) is 0.579. The van der Waals surface area contributed by atoms with Crippen LogP contribution in [0.1, 0.15) is 28.4 Å². The molecule has 0 aliphatic carbocycles. The van der Waals surface area contributed by atoms with E-state index in [1.54, 1.807) is 55.5 Å². The fraction of sp³-hybridized carbons (Fsp3) is 0.130. The summed E-state index contributed by atoms with van der Waals surface area (Å²) in [5.41, 5.74) is 2.83. The fourth-order valence-electron chi connectivity index (χ4n) is 2.66. The van der Waals surface area contributed by atoms with Gasteiger partial charge in [0.05, 0.1) is 0 Å². The lowest BCUT2D eigenvalue weighted by atomic mass is 10.0. The van der Waals surface area contributed by atoms with Gasteiger partial charge < -0.3 is 10.1 Å². The Morgan fingerprint density at radius 1 is 0.893 bits per heavy atom. The van der Waals surface area contributed by atoms with Gasteiger partial charge in [-0.2, -0.15) is 0 Å². The maximum atomic E-state index is 12.5. The predicted molar refractivity (Wildman–Crippen MR) is 111 cm³/mol. The first-order valence-electron chi connectivity index (χ1n) is 8.87. The highest BCUT2D eigenvalue weighted by Crippen LogP contribution is 2.19. The number of rotatable bonds is 6. The number of amides is 1. The minimum absolute atomic E-state index is 0.103. The number of aryl methyl sites for hydroxylation is 1. The third-order valence-electron chi connectivity index (χ3n) is 4.31. The van der Waals surface area contributed by atoms with Crippen molar-refractivity contribution in [1.29, 1.82) is 0 Å². The molecule has 1 unspecified atom stereocenters. The number of hydrogen-bond acceptors (Lipinski definition) is 3. The molecular formula is C23H20ClNO3. The number of halogens is 1. The van der Waals surface area contributed by atoms with Crippen LogP contribution in [0.3, 0.4) is 0 Å². The molecule has 1 atom stereocenters. The van der Waals surface area contributed by atoms with E-state index in [0.29, 0.717) is 21.9 Å². The largest absolute Gasteiger partial charge is 0.481 e. The van der Waals surface area contributed by atoms with Gasteiger partial charge in [-0.1, -0.05) is 29.8 Å². The lowest BCUT2D eigenvalue weighted by Gasteiger charge is -2.16. The molecule has 3 aromatic carbocycles. The molecule has 0 aromatic heterocycles. The number of ketones is 1. The summed E-state index contributed by atoms with van der Waals surface area (Å²) in [6.45, 7) is 3.61. The van der Waals surface area contributed by atoms with Crippen molar-refractivity contribution in [3.63, 3.8) is 0 Å². The van der Waals surface area contributed by atoms with Crippen LogP contribution in [-0.2, 0) is 4.79 Å². The minimum atomic E-state index is -0.683. The molecule has 0 fully saturated rings. The van der Waals surface area contributed by atoms with Crippen LogP contribution >= 0.6 is 11.6 Å². The van der Waals surface area contributed by atoms with Crippen LogP contribution in [0.2, 0.25) is 5.02 Å². The van der Waals surface area contributed by atoms with Gasteiger partial charge in [0.2, 0.25) is 0 Å². The lowest BCUT2D eigenvalue weighted by molar-refractivity contribution is -0.122. The zero-order chi connectivity index (χ0) is 20.1. The highest BCUT2D eigenvalue weighted by Gasteiger charge is 2.16. The van der Waals surface area contributed by atoms with Crippen molar-refractivity contribution in [3.05, 3.63) is 94.5 Å². The van der Waals surface area contributed by atoms with E-state index in [2.05, 4.69) is 5.32 Å². The van der Waals surface area contributed by atoms with Gasteiger partial charge in [-0.15, -0.1) is 0 Å². The SMILES string of the molecule is Cc1ccccc1NC(=O)C(C)Oc1ccc(C(=O)c2ccc(Cl)cc2)cc1. The van der Waals surface area contributed by atoms with Crippen LogP contribution in [0.5, 0.6) is 5.75 Å². The van der Waals surface area contributed by atoms with E-state index < -0.39 is 6.10 Å². The van der Waals surface area contributed by atoms with Gasteiger partial charge in [0, 0.05) is 21.8 Å². The normalized spacial score (nSPS) is 11.5. The molecule has 4 nitrogen and oxygen atoms in total. The maximum absolute atomic E-state index is 12.5. The van der Waals surface area contributed by atoms with Crippen molar-refractivity contribution >= 4 is 29.0 Å². The van der Waals surface area contributed by atoms with Crippen molar-refractivity contribution in [3.8, 4) is 5.75 Å². The van der Waals surface area contributed by atoms with Crippen molar-refractivity contribution in [2.45, 2.75) is 20.0 Å². The van der Waals surface area contributed by atoms with Crippen molar-refractivity contribution in [1.82, 2.24) is 0 Å². The Morgan fingerprint density at radius 3 is 2.07 bits per heavy atom. The Morgan fingerprint density at radius 2 is 1.46 bits per heavy atom. The zero-order valence-electron chi connectivity index (χ0n) is 15.6. The second-order valence-electron chi connectivity index (χ2n) is 6.42. The first-order valence-corrected chi connectivity index (χ1v) is 9.25. The highest BCUT2D eigenvalue weighted by atomic mass is 35.5. The number of anilines is 1. The molecule has 0 spiro atoms. The van der Waals surface area contributed by atoms with Crippen LogP contribution in [-0.4, -0.2) is 17.8 Å². The molecule has 0 aliphatic heterocycles. The van der Waals surface area contributed by atoms with Crippen LogP contribution in [0.15, 0.2) is 72.8 Å². The molecule has 142 valence electrons. The molecule has 0 radical (unpaired) electrons. The number of ether oxygens (including phenoxy) is 1. The minimum Gasteiger partial charge on any atom is -0.481 e. The van der Waals surface area contributed by atoms with E-state index in [0.717, 1.165) is 11.3 Å². The number of hydrogen-bond donors (Lipinski definition) is 1. The summed E-state index contributed by atoms with van der Waals surface area (Å²) in [7, 11) is 0. The molecule has 0 saturated heterocycles. The first-order chi connectivity index (χ1) is 13.4. The summed E-state index contributed by atoms with van der Waals surface area (Å²) in [4.78, 5) is 24.8. The van der Waals surface area contributed by atoms with Crippen molar-refractivity contribution in [2.24, 2.45) is 0 Å². The topological polar surface area (TPSA) is 55.4 Å². The third-order valence-corrected chi connectivity index (χ3v) is 4.56. The molecule has 0 saturated carbocycles. The molecule has 3 rings (SSSR count). The summed E-state index contributed by atoms with van der Waals surface area (Å²) >= 11 is 5.86. The van der Waals surface area contributed by atoms with Gasteiger partial charge in [-0.3, -0.25) is 9.59 Å². The molecule has 1 amide bonds. The Labute approximate surface area is 169 Å². The van der Waals surface area contributed by atoms with E-state index in [1.807, 2.05) is 31.2 Å². The summed E-state index contributed by atoms with van der Waals surface area (Å²) in [5, 5.41) is 3.44. The van der Waals surface area contributed by atoms with E-state index in [9.17, 15) is 9.59 Å². The number of benzene rings is 3. The summed E-state index contributed by atoms with van der Waals surface area (Å²) in [6.07, 6.45) is -0.683. The van der Waals surface area contributed by atoms with Gasteiger partial charge in [-0.05, 0) is 74.0 Å². The molecule has 3 aromatic rings. The Balaban J connectivity index is 1.63. The van der Waals surface area contributed by atoms with Gasteiger partial charge in [-0.25, -0.2) is 0 Å². The first kappa shape index (κ1) is 19.6. The average molecular weight is 394 g/mol. The van der Waals surface area contributed by atoms with Crippen molar-refractivity contribution < 1.29 is 14.3 Å². The smallest absolute Gasteiger partial charge is 0.265 e. The van der Waals surface area contributed by atoms with Gasteiger partial charge in [0.1, 0.15) is 5.75 Å². The standard InChI is InChI=1S/C23H20ClNO3/c1-15-5-3-4-6-21(15)25-23(27)16(2)28-20-13-9-18(10-14-20)22(26)17-7-11-19(24)12-8-17/h3-14,16H,1-2H3,(H,25,27). The molecule has 1 N–H and O–H groups in total. The van der Waals surface area contributed by atoms with Crippen LogP contribution in [0, 0.1) is 6.92 Å². The van der Waals surface area contributed by atoms with Crippen LogP contribution in [0.25, 0.3) is 0 Å². The number of carbonyl (C=O) groups is 2. The molecule has 0 aliphatic rings. The fourth-order valence-corrected chi connectivity index (χ4v) is 2.78. The van der Waals surface area contributed by atoms with Gasteiger partial charge in [0.15, 0.2) is 11.9 Å². The van der Waals surface area contributed by atoms with Gasteiger partial charge in [0.25, 0.3) is 5.91 Å². The molecule has 5 heteroatoms.